The number of hydrogen-bond acceptors (Lipinski definition) is 1. The summed E-state index contributed by atoms with van der Waals surface area (Å²) >= 11 is 0. The molecule has 1 aliphatic heterocycles. The van der Waals surface area contributed by atoms with Gasteiger partial charge in [-0.2, -0.15) is 0 Å². The predicted octanol–water partition coefficient (Wildman–Crippen LogP) is 5.74. The van der Waals surface area contributed by atoms with Crippen molar-refractivity contribution in [3.63, 3.8) is 0 Å². The minimum absolute atomic E-state index is 0.403. The minimum Gasteiger partial charge on any atom is -0.378 e. The second-order valence-electron chi connectivity index (χ2n) is 7.97. The standard InChI is InChI=1S/C23H32OSi/c1-4-5-16-22-23(25(2,3)20-14-10-7-11-15-20)21(17-18-24-22)19-12-8-6-9-13-19/h6-15,21-23H,4-5,16-18H2,1-3H3/t21?,22-,23+/m1/s1. The molecule has 0 radical (unpaired) electrons. The van der Waals surface area contributed by atoms with Crippen LogP contribution in [0.25, 0.3) is 0 Å². The van der Waals surface area contributed by atoms with Crippen LogP contribution in [-0.2, 0) is 4.74 Å². The molecule has 1 aliphatic rings. The van der Waals surface area contributed by atoms with E-state index in [-0.39, 0.29) is 0 Å². The molecule has 2 aromatic rings. The maximum Gasteiger partial charge on any atom is 0.0868 e. The first-order chi connectivity index (χ1) is 12.1. The molecule has 1 unspecified atom stereocenters. The van der Waals surface area contributed by atoms with E-state index >= 15 is 0 Å². The maximum atomic E-state index is 6.39. The Bertz CT molecular complexity index is 638. The lowest BCUT2D eigenvalue weighted by atomic mass is 9.86. The summed E-state index contributed by atoms with van der Waals surface area (Å²) in [6.45, 7) is 8.29. The summed E-state index contributed by atoms with van der Waals surface area (Å²) < 4.78 is 6.39. The van der Waals surface area contributed by atoms with Gasteiger partial charge in [-0.15, -0.1) is 0 Å². The van der Waals surface area contributed by atoms with Crippen molar-refractivity contribution in [3.05, 3.63) is 66.2 Å². The summed E-state index contributed by atoms with van der Waals surface area (Å²) in [4.78, 5) is 0. The molecule has 3 atom stereocenters. The minimum atomic E-state index is -1.66. The van der Waals surface area contributed by atoms with Crippen LogP contribution in [0.2, 0.25) is 18.6 Å². The molecule has 2 heteroatoms. The lowest BCUT2D eigenvalue weighted by molar-refractivity contribution is -0.000524. The van der Waals surface area contributed by atoms with Gasteiger partial charge in [-0.25, -0.2) is 0 Å². The smallest absolute Gasteiger partial charge is 0.0868 e. The van der Waals surface area contributed by atoms with E-state index in [1.807, 2.05) is 0 Å². The van der Waals surface area contributed by atoms with E-state index in [1.165, 1.54) is 24.8 Å². The third kappa shape index (κ3) is 4.07. The normalized spacial score (nSPS) is 24.2. The Morgan fingerprint density at radius 1 is 0.960 bits per heavy atom. The molecular weight excluding hydrogens is 320 g/mol. The second-order valence-corrected chi connectivity index (χ2v) is 12.7. The molecule has 1 fully saturated rings. The number of benzene rings is 2. The molecule has 0 aliphatic carbocycles. The highest BCUT2D eigenvalue weighted by molar-refractivity contribution is 6.91. The van der Waals surface area contributed by atoms with Crippen LogP contribution in [0.3, 0.4) is 0 Å². The topological polar surface area (TPSA) is 9.23 Å². The van der Waals surface area contributed by atoms with Crippen molar-refractivity contribution in [2.75, 3.05) is 6.61 Å². The molecule has 0 aromatic heterocycles. The zero-order valence-electron chi connectivity index (χ0n) is 15.9. The van der Waals surface area contributed by atoms with Crippen molar-refractivity contribution < 1.29 is 4.74 Å². The molecule has 0 N–H and O–H groups in total. The van der Waals surface area contributed by atoms with E-state index in [9.17, 15) is 0 Å². The van der Waals surface area contributed by atoms with E-state index in [1.54, 1.807) is 5.19 Å². The summed E-state index contributed by atoms with van der Waals surface area (Å²) in [5.41, 5.74) is 2.14. The van der Waals surface area contributed by atoms with Crippen molar-refractivity contribution >= 4 is 13.3 Å². The van der Waals surface area contributed by atoms with Crippen LogP contribution in [0.15, 0.2) is 60.7 Å². The highest BCUT2D eigenvalue weighted by Gasteiger charge is 2.46. The van der Waals surface area contributed by atoms with Crippen LogP contribution in [0.5, 0.6) is 0 Å². The van der Waals surface area contributed by atoms with E-state index in [0.717, 1.165) is 13.0 Å². The average Bonchev–Trinajstić information content (AvgIpc) is 2.67. The zero-order chi connectivity index (χ0) is 17.7. The van der Waals surface area contributed by atoms with Crippen molar-refractivity contribution in [3.8, 4) is 0 Å². The molecule has 1 nitrogen and oxygen atoms in total. The molecular formula is C23H32OSi. The Hall–Kier alpha value is -1.38. The fourth-order valence-corrected chi connectivity index (χ4v) is 8.65. The van der Waals surface area contributed by atoms with Gasteiger partial charge < -0.3 is 4.74 Å². The number of rotatable bonds is 6. The SMILES string of the molecule is CCCC[C@H]1OCCC(c2ccccc2)[C@@H]1[Si](C)(C)c1ccccc1. The van der Waals surface area contributed by atoms with Gasteiger partial charge in [-0.05, 0) is 29.9 Å². The summed E-state index contributed by atoms with van der Waals surface area (Å²) in [6.07, 6.45) is 5.27. The average molecular weight is 353 g/mol. The van der Waals surface area contributed by atoms with Gasteiger partial charge in [0.25, 0.3) is 0 Å². The van der Waals surface area contributed by atoms with Crippen molar-refractivity contribution in [2.45, 2.75) is 63.3 Å². The largest absolute Gasteiger partial charge is 0.378 e. The third-order valence-electron chi connectivity index (χ3n) is 6.02. The monoisotopic (exact) mass is 352 g/mol. The fraction of sp³-hybridized carbons (Fsp3) is 0.478. The van der Waals surface area contributed by atoms with Crippen molar-refractivity contribution in [1.82, 2.24) is 0 Å². The van der Waals surface area contributed by atoms with Gasteiger partial charge in [-0.3, -0.25) is 0 Å². The first kappa shape index (κ1) is 18.4. The first-order valence-corrected chi connectivity index (χ1v) is 12.9. The van der Waals surface area contributed by atoms with Gasteiger partial charge in [0.05, 0.1) is 14.2 Å². The summed E-state index contributed by atoms with van der Waals surface area (Å²) in [5, 5.41) is 1.56. The Labute approximate surface area is 154 Å². The maximum absolute atomic E-state index is 6.39. The molecule has 3 rings (SSSR count). The molecule has 134 valence electrons. The highest BCUT2D eigenvalue weighted by atomic mass is 28.3. The van der Waals surface area contributed by atoms with Crippen LogP contribution < -0.4 is 5.19 Å². The Morgan fingerprint density at radius 3 is 2.24 bits per heavy atom. The van der Waals surface area contributed by atoms with E-state index < -0.39 is 8.07 Å². The first-order valence-electron chi connectivity index (χ1n) is 9.86. The van der Waals surface area contributed by atoms with Gasteiger partial charge >= 0.3 is 0 Å². The van der Waals surface area contributed by atoms with Gasteiger partial charge in [0.2, 0.25) is 0 Å². The van der Waals surface area contributed by atoms with Crippen molar-refractivity contribution in [1.29, 1.82) is 0 Å². The Kier molecular flexibility index (Phi) is 6.13. The van der Waals surface area contributed by atoms with Crippen molar-refractivity contribution in [2.24, 2.45) is 0 Å². The van der Waals surface area contributed by atoms with Crippen LogP contribution in [0.1, 0.15) is 44.1 Å². The summed E-state index contributed by atoms with van der Waals surface area (Å²) in [5.74, 6) is 0.624. The quantitative estimate of drug-likeness (QED) is 0.603. The third-order valence-corrected chi connectivity index (χ3v) is 10.3. The molecule has 1 heterocycles. The zero-order valence-corrected chi connectivity index (χ0v) is 16.9. The van der Waals surface area contributed by atoms with Crippen LogP contribution in [0, 0.1) is 0 Å². The Morgan fingerprint density at radius 2 is 1.60 bits per heavy atom. The van der Waals surface area contributed by atoms with Crippen LogP contribution in [-0.4, -0.2) is 20.8 Å². The highest BCUT2D eigenvalue weighted by Crippen LogP contribution is 2.47. The van der Waals surface area contributed by atoms with Gasteiger partial charge in [0.1, 0.15) is 0 Å². The molecule has 2 aromatic carbocycles. The molecule has 1 saturated heterocycles. The molecule has 0 spiro atoms. The van der Waals surface area contributed by atoms with E-state index in [0.29, 0.717) is 17.6 Å². The lowest BCUT2D eigenvalue weighted by Crippen LogP contribution is -2.54. The number of ether oxygens (including phenoxy) is 1. The number of unbranched alkanes of at least 4 members (excludes halogenated alkanes) is 1. The molecule has 25 heavy (non-hydrogen) atoms. The molecule has 0 amide bonds. The predicted molar refractivity (Wildman–Crippen MR) is 110 cm³/mol. The Balaban J connectivity index is 1.99. The summed E-state index contributed by atoms with van der Waals surface area (Å²) in [6, 6.07) is 22.4. The lowest BCUT2D eigenvalue weighted by Gasteiger charge is -2.46. The summed E-state index contributed by atoms with van der Waals surface area (Å²) in [7, 11) is -1.66. The van der Waals surface area contributed by atoms with Gasteiger partial charge in [-0.1, -0.05) is 98.7 Å². The van der Waals surface area contributed by atoms with Gasteiger partial charge in [0.15, 0.2) is 0 Å². The fourth-order valence-electron chi connectivity index (χ4n) is 4.66. The van der Waals surface area contributed by atoms with Crippen LogP contribution in [0.4, 0.5) is 0 Å². The van der Waals surface area contributed by atoms with E-state index in [2.05, 4.69) is 80.7 Å². The van der Waals surface area contributed by atoms with Gasteiger partial charge in [0, 0.05) is 6.61 Å². The molecule has 0 saturated carbocycles. The number of hydrogen-bond donors (Lipinski definition) is 0. The van der Waals surface area contributed by atoms with E-state index in [4.69, 9.17) is 4.74 Å². The molecule has 0 bridgehead atoms. The second kappa shape index (κ2) is 8.33. The van der Waals surface area contributed by atoms with Crippen LogP contribution >= 0.6 is 0 Å².